The van der Waals surface area contributed by atoms with Crippen LogP contribution in [-0.4, -0.2) is 51.9 Å². The van der Waals surface area contributed by atoms with Crippen molar-refractivity contribution in [2.75, 3.05) is 17.5 Å². The zero-order chi connectivity index (χ0) is 17.2. The van der Waals surface area contributed by atoms with E-state index in [2.05, 4.69) is 20.0 Å². The topological polar surface area (TPSA) is 138 Å². The van der Waals surface area contributed by atoms with E-state index in [-0.39, 0.29) is 18.3 Å². The average Bonchev–Trinajstić information content (AvgIpc) is 2.96. The molecule has 0 aromatic carbocycles. The van der Waals surface area contributed by atoms with E-state index in [0.717, 1.165) is 28.0 Å². The molecule has 10 nitrogen and oxygen atoms in total. The molecule has 0 saturated heterocycles. The summed E-state index contributed by atoms with van der Waals surface area (Å²) in [5.74, 6) is -0.270. The first kappa shape index (κ1) is 17.1. The Hall–Kier alpha value is -2.27. The van der Waals surface area contributed by atoms with Crippen LogP contribution in [0.3, 0.4) is 0 Å². The molecule has 0 radical (unpaired) electrons. The van der Waals surface area contributed by atoms with Gasteiger partial charge in [-0.15, -0.1) is 5.10 Å². The average molecular weight is 341 g/mol. The Bertz CT molecular complexity index is 822. The highest BCUT2D eigenvalue weighted by Gasteiger charge is 2.17. The van der Waals surface area contributed by atoms with E-state index in [1.165, 1.54) is 10.9 Å². The van der Waals surface area contributed by atoms with Gasteiger partial charge in [0, 0.05) is 5.69 Å². The summed E-state index contributed by atoms with van der Waals surface area (Å²) in [6, 6.07) is 0. The van der Waals surface area contributed by atoms with Gasteiger partial charge in [0.15, 0.2) is 5.82 Å². The maximum atomic E-state index is 12.3. The molecule has 0 bridgehead atoms. The first-order valence-corrected chi connectivity index (χ1v) is 8.76. The van der Waals surface area contributed by atoms with Gasteiger partial charge in [-0.2, -0.15) is 15.0 Å². The minimum absolute atomic E-state index is 0.0532. The molecule has 0 fully saturated rings. The number of nitrogens with one attached hydrogen (secondary N) is 1. The first-order valence-electron chi connectivity index (χ1n) is 6.87. The molecule has 126 valence electrons. The van der Waals surface area contributed by atoms with E-state index in [1.807, 2.05) is 6.92 Å². The van der Waals surface area contributed by atoms with Crippen LogP contribution in [-0.2, 0) is 23.0 Å². The molecule has 0 aliphatic carbocycles. The van der Waals surface area contributed by atoms with Crippen LogP contribution in [0, 0.1) is 13.8 Å². The molecule has 11 heteroatoms. The zero-order valence-electron chi connectivity index (χ0n) is 13.1. The molecule has 23 heavy (non-hydrogen) atoms. The van der Waals surface area contributed by atoms with E-state index < -0.39 is 10.0 Å². The predicted octanol–water partition coefficient (Wildman–Crippen LogP) is -0.695. The number of sulfonamides is 1. The van der Waals surface area contributed by atoms with Gasteiger partial charge in [-0.25, -0.2) is 13.1 Å². The van der Waals surface area contributed by atoms with Gasteiger partial charge in [0.2, 0.25) is 10.0 Å². The summed E-state index contributed by atoms with van der Waals surface area (Å²) < 4.78 is 25.7. The monoisotopic (exact) mass is 341 g/mol. The van der Waals surface area contributed by atoms with Gasteiger partial charge >= 0.3 is 0 Å². The van der Waals surface area contributed by atoms with Crippen molar-refractivity contribution in [1.82, 2.24) is 24.8 Å². The number of hydrogen-bond donors (Lipinski definition) is 2. The van der Waals surface area contributed by atoms with Gasteiger partial charge in [0.1, 0.15) is 6.54 Å². The van der Waals surface area contributed by atoms with Crippen LogP contribution < -0.4 is 10.5 Å². The van der Waals surface area contributed by atoms with Crippen molar-refractivity contribution in [3.05, 3.63) is 23.1 Å². The summed E-state index contributed by atoms with van der Waals surface area (Å²) in [7, 11) is -3.44. The smallest absolute Gasteiger partial charge is 0.270 e. The molecule has 0 saturated carbocycles. The van der Waals surface area contributed by atoms with Gasteiger partial charge in [-0.1, -0.05) is 0 Å². The largest absolute Gasteiger partial charge is 0.330 e. The highest BCUT2D eigenvalue weighted by molar-refractivity contribution is 7.92. The Morgan fingerprint density at radius 2 is 2.04 bits per heavy atom. The minimum Gasteiger partial charge on any atom is -0.330 e. The number of nitrogens with two attached hydrogens (primary N) is 1. The summed E-state index contributed by atoms with van der Waals surface area (Å²) in [4.78, 5) is 13.4. The fourth-order valence-corrected chi connectivity index (χ4v) is 2.70. The van der Waals surface area contributed by atoms with Crippen LogP contribution in [0.4, 0.5) is 5.82 Å². The predicted molar refractivity (Wildman–Crippen MR) is 83.6 cm³/mol. The molecule has 0 amide bonds. The van der Waals surface area contributed by atoms with Crippen molar-refractivity contribution < 1.29 is 13.2 Å². The highest BCUT2D eigenvalue weighted by atomic mass is 32.2. The second kappa shape index (κ2) is 6.46. The summed E-state index contributed by atoms with van der Waals surface area (Å²) >= 11 is 0. The van der Waals surface area contributed by atoms with Crippen LogP contribution in [0.5, 0.6) is 0 Å². The van der Waals surface area contributed by atoms with Gasteiger partial charge < -0.3 is 5.73 Å². The molecule has 2 rings (SSSR count). The molecule has 2 aromatic rings. The van der Waals surface area contributed by atoms with Gasteiger partial charge in [0.05, 0.1) is 18.1 Å². The molecule has 0 unspecified atom stereocenters. The van der Waals surface area contributed by atoms with Gasteiger partial charge in [0.25, 0.3) is 5.91 Å². The van der Waals surface area contributed by atoms with Crippen LogP contribution in [0.25, 0.3) is 0 Å². The summed E-state index contributed by atoms with van der Waals surface area (Å²) in [6.45, 7) is 3.94. The fraction of sp³-hybridized carbons (Fsp3) is 0.500. The lowest BCUT2D eigenvalue weighted by molar-refractivity contribution is 0.0861. The van der Waals surface area contributed by atoms with Gasteiger partial charge in [-0.3, -0.25) is 9.52 Å². The molecule has 2 heterocycles. The lowest BCUT2D eigenvalue weighted by Crippen LogP contribution is -2.22. The van der Waals surface area contributed by atoms with Crippen LogP contribution in [0.15, 0.2) is 6.20 Å². The first-order chi connectivity index (χ1) is 10.7. The molecule has 0 aliphatic rings. The van der Waals surface area contributed by atoms with Crippen LogP contribution in [0.2, 0.25) is 0 Å². The SMILES string of the molecule is Cc1nn(C(=O)Cn2ncc(NS(C)(=O)=O)n2)c(C)c1CCN. The van der Waals surface area contributed by atoms with Crippen LogP contribution in [0.1, 0.15) is 21.7 Å². The summed E-state index contributed by atoms with van der Waals surface area (Å²) in [5, 5.41) is 12.0. The van der Waals surface area contributed by atoms with Crippen molar-refractivity contribution in [2.45, 2.75) is 26.8 Å². The molecule has 3 N–H and O–H groups in total. The fourth-order valence-electron chi connectivity index (χ4n) is 2.22. The van der Waals surface area contributed by atoms with E-state index in [0.29, 0.717) is 13.0 Å². The third kappa shape index (κ3) is 4.13. The zero-order valence-corrected chi connectivity index (χ0v) is 14.0. The molecular formula is C12H19N7O3S. The van der Waals surface area contributed by atoms with Crippen molar-refractivity contribution >= 4 is 21.7 Å². The quantitative estimate of drug-likeness (QED) is 0.709. The molecule has 0 aliphatic heterocycles. The molecular weight excluding hydrogens is 322 g/mol. The standard InChI is InChI=1S/C12H19N7O3S/c1-8-10(4-5-13)9(2)19(15-8)12(20)7-18-14-6-11(16-18)17-23(3,21)22/h6H,4-5,7,13H2,1-3H3,(H,16,17). The van der Waals surface area contributed by atoms with E-state index >= 15 is 0 Å². The summed E-state index contributed by atoms with van der Waals surface area (Å²) in [5.41, 5.74) is 8.01. The number of aryl methyl sites for hydroxylation is 1. The highest BCUT2D eigenvalue weighted by Crippen LogP contribution is 2.13. The van der Waals surface area contributed by atoms with Crippen molar-refractivity contribution in [2.24, 2.45) is 5.73 Å². The third-order valence-electron chi connectivity index (χ3n) is 3.17. The second-order valence-electron chi connectivity index (χ2n) is 5.13. The Kier molecular flexibility index (Phi) is 4.80. The van der Waals surface area contributed by atoms with Gasteiger partial charge in [-0.05, 0) is 32.4 Å². The second-order valence-corrected chi connectivity index (χ2v) is 6.88. The number of aromatic nitrogens is 5. The van der Waals surface area contributed by atoms with E-state index in [1.54, 1.807) is 6.92 Å². The van der Waals surface area contributed by atoms with Crippen molar-refractivity contribution in [3.8, 4) is 0 Å². The number of hydrogen-bond acceptors (Lipinski definition) is 7. The lowest BCUT2D eigenvalue weighted by atomic mass is 10.1. The Morgan fingerprint density at radius 1 is 1.35 bits per heavy atom. The number of carbonyl (C=O) groups excluding carboxylic acids is 1. The maximum Gasteiger partial charge on any atom is 0.270 e. The van der Waals surface area contributed by atoms with Crippen LogP contribution >= 0.6 is 0 Å². The van der Waals surface area contributed by atoms with Crippen molar-refractivity contribution in [1.29, 1.82) is 0 Å². The Balaban J connectivity index is 2.15. The third-order valence-corrected chi connectivity index (χ3v) is 3.75. The van der Waals surface area contributed by atoms with E-state index in [4.69, 9.17) is 5.73 Å². The molecule has 2 aromatic heterocycles. The normalized spacial score (nSPS) is 11.7. The number of rotatable bonds is 6. The minimum atomic E-state index is -3.44. The number of nitrogens with zero attached hydrogens (tertiary/aromatic N) is 5. The maximum absolute atomic E-state index is 12.3. The van der Waals surface area contributed by atoms with E-state index in [9.17, 15) is 13.2 Å². The Labute approximate surface area is 133 Å². The Morgan fingerprint density at radius 3 is 2.65 bits per heavy atom. The van der Waals surface area contributed by atoms with Crippen molar-refractivity contribution in [3.63, 3.8) is 0 Å². The summed E-state index contributed by atoms with van der Waals surface area (Å²) in [6.07, 6.45) is 2.88. The lowest BCUT2D eigenvalue weighted by Gasteiger charge is -2.03. The number of anilines is 1. The number of carbonyl (C=O) groups is 1. The molecule has 0 spiro atoms. The molecule has 0 atom stereocenters.